The molecule has 0 fully saturated rings. The average molecular weight is 290 g/mol. The zero-order valence-electron chi connectivity index (χ0n) is 13.5. The standard InChI is InChI=1S/C15H26N6/c1-5-6-16-7-14-8-18-20(13(14)4)10-15-17-11-19-21(15)9-12(2)3/h8,11-12,16H,5-7,9-10H2,1-4H3. The minimum atomic E-state index is 0.554. The van der Waals surface area contributed by atoms with Crippen molar-refractivity contribution in [3.63, 3.8) is 0 Å². The maximum absolute atomic E-state index is 4.49. The van der Waals surface area contributed by atoms with E-state index in [0.717, 1.165) is 31.9 Å². The van der Waals surface area contributed by atoms with Crippen LogP contribution >= 0.6 is 0 Å². The van der Waals surface area contributed by atoms with E-state index < -0.39 is 0 Å². The summed E-state index contributed by atoms with van der Waals surface area (Å²) in [6, 6.07) is 0. The van der Waals surface area contributed by atoms with Crippen LogP contribution in [0.3, 0.4) is 0 Å². The summed E-state index contributed by atoms with van der Waals surface area (Å²) in [6.07, 6.45) is 4.72. The molecular formula is C15H26N6. The predicted octanol–water partition coefficient (Wildman–Crippen LogP) is 1.99. The predicted molar refractivity (Wildman–Crippen MR) is 82.9 cm³/mol. The molecule has 0 amide bonds. The molecule has 0 aromatic carbocycles. The highest BCUT2D eigenvalue weighted by Gasteiger charge is 2.11. The van der Waals surface area contributed by atoms with Gasteiger partial charge in [-0.1, -0.05) is 20.8 Å². The molecule has 2 heterocycles. The Morgan fingerprint density at radius 3 is 2.76 bits per heavy atom. The van der Waals surface area contributed by atoms with Gasteiger partial charge in [-0.2, -0.15) is 10.2 Å². The van der Waals surface area contributed by atoms with Crippen LogP contribution in [0.25, 0.3) is 0 Å². The average Bonchev–Trinajstić information content (AvgIpc) is 3.00. The van der Waals surface area contributed by atoms with E-state index in [0.29, 0.717) is 12.5 Å². The van der Waals surface area contributed by atoms with Crippen LogP contribution in [0, 0.1) is 12.8 Å². The third-order valence-electron chi connectivity index (χ3n) is 3.47. The van der Waals surface area contributed by atoms with Crippen LogP contribution in [-0.4, -0.2) is 31.1 Å². The summed E-state index contributed by atoms with van der Waals surface area (Å²) in [6.45, 7) is 12.1. The normalized spacial score (nSPS) is 11.5. The van der Waals surface area contributed by atoms with Crippen molar-refractivity contribution in [2.45, 2.75) is 53.8 Å². The van der Waals surface area contributed by atoms with Gasteiger partial charge in [-0.05, 0) is 25.8 Å². The highest BCUT2D eigenvalue weighted by molar-refractivity contribution is 5.16. The smallest absolute Gasteiger partial charge is 0.148 e. The molecule has 0 spiro atoms. The van der Waals surface area contributed by atoms with Gasteiger partial charge in [0.05, 0.1) is 6.20 Å². The Bertz CT molecular complexity index is 554. The second kappa shape index (κ2) is 7.36. The monoisotopic (exact) mass is 290 g/mol. The van der Waals surface area contributed by atoms with Crippen molar-refractivity contribution in [3.8, 4) is 0 Å². The second-order valence-electron chi connectivity index (χ2n) is 5.84. The highest BCUT2D eigenvalue weighted by Crippen LogP contribution is 2.10. The zero-order chi connectivity index (χ0) is 15.2. The van der Waals surface area contributed by atoms with Gasteiger partial charge in [0.25, 0.3) is 0 Å². The van der Waals surface area contributed by atoms with E-state index in [1.165, 1.54) is 11.3 Å². The fraction of sp³-hybridized carbons (Fsp3) is 0.667. The molecule has 0 saturated heterocycles. The molecule has 2 aromatic rings. The molecule has 0 unspecified atom stereocenters. The minimum Gasteiger partial charge on any atom is -0.313 e. The van der Waals surface area contributed by atoms with Crippen LogP contribution in [0.2, 0.25) is 0 Å². The molecule has 0 radical (unpaired) electrons. The third-order valence-corrected chi connectivity index (χ3v) is 3.47. The molecule has 0 aliphatic rings. The molecule has 21 heavy (non-hydrogen) atoms. The Balaban J connectivity index is 2.05. The van der Waals surface area contributed by atoms with E-state index in [9.17, 15) is 0 Å². The zero-order valence-corrected chi connectivity index (χ0v) is 13.5. The molecule has 6 nitrogen and oxygen atoms in total. The van der Waals surface area contributed by atoms with Gasteiger partial charge in [0, 0.05) is 24.3 Å². The van der Waals surface area contributed by atoms with Gasteiger partial charge in [-0.25, -0.2) is 9.67 Å². The number of nitrogens with zero attached hydrogens (tertiary/aromatic N) is 5. The van der Waals surface area contributed by atoms with Crippen molar-refractivity contribution in [2.24, 2.45) is 5.92 Å². The molecule has 6 heteroatoms. The number of rotatable bonds is 8. The van der Waals surface area contributed by atoms with Crippen LogP contribution < -0.4 is 5.32 Å². The first kappa shape index (κ1) is 15.7. The summed E-state index contributed by atoms with van der Waals surface area (Å²) in [5, 5.41) is 12.2. The molecular weight excluding hydrogens is 264 g/mol. The minimum absolute atomic E-state index is 0.554. The van der Waals surface area contributed by atoms with Crippen LogP contribution in [0.15, 0.2) is 12.5 Å². The molecule has 0 bridgehead atoms. The SMILES string of the molecule is CCCNCc1cnn(Cc2ncnn2CC(C)C)c1C. The van der Waals surface area contributed by atoms with E-state index in [-0.39, 0.29) is 0 Å². The first-order valence-corrected chi connectivity index (χ1v) is 7.70. The lowest BCUT2D eigenvalue weighted by Crippen LogP contribution is -2.16. The lowest BCUT2D eigenvalue weighted by atomic mass is 10.2. The number of aromatic nitrogens is 5. The van der Waals surface area contributed by atoms with E-state index in [2.05, 4.69) is 48.2 Å². The Labute approximate surface area is 126 Å². The summed E-state index contributed by atoms with van der Waals surface area (Å²) in [4.78, 5) is 4.37. The van der Waals surface area contributed by atoms with Crippen molar-refractivity contribution in [3.05, 3.63) is 29.6 Å². The summed E-state index contributed by atoms with van der Waals surface area (Å²) >= 11 is 0. The Morgan fingerprint density at radius 2 is 2.05 bits per heavy atom. The summed E-state index contributed by atoms with van der Waals surface area (Å²) in [7, 11) is 0. The molecule has 0 aliphatic carbocycles. The maximum Gasteiger partial charge on any atom is 0.148 e. The van der Waals surface area contributed by atoms with Crippen molar-refractivity contribution in [1.82, 2.24) is 29.9 Å². The van der Waals surface area contributed by atoms with E-state index in [4.69, 9.17) is 0 Å². The Hall–Kier alpha value is -1.69. The van der Waals surface area contributed by atoms with Crippen molar-refractivity contribution >= 4 is 0 Å². The fourth-order valence-electron chi connectivity index (χ4n) is 2.26. The summed E-state index contributed by atoms with van der Waals surface area (Å²) in [5.41, 5.74) is 2.44. The van der Waals surface area contributed by atoms with Crippen LogP contribution in [0.4, 0.5) is 0 Å². The number of nitrogens with one attached hydrogen (secondary N) is 1. The first-order chi connectivity index (χ1) is 10.1. The molecule has 1 N–H and O–H groups in total. The topological polar surface area (TPSA) is 60.6 Å². The fourth-order valence-corrected chi connectivity index (χ4v) is 2.26. The van der Waals surface area contributed by atoms with Gasteiger partial charge in [0.2, 0.25) is 0 Å². The summed E-state index contributed by atoms with van der Waals surface area (Å²) < 4.78 is 3.98. The van der Waals surface area contributed by atoms with Gasteiger partial charge >= 0.3 is 0 Å². The Kier molecular flexibility index (Phi) is 5.50. The summed E-state index contributed by atoms with van der Waals surface area (Å²) in [5.74, 6) is 1.51. The van der Waals surface area contributed by atoms with Crippen molar-refractivity contribution < 1.29 is 0 Å². The highest BCUT2D eigenvalue weighted by atomic mass is 15.4. The molecule has 2 rings (SSSR count). The second-order valence-corrected chi connectivity index (χ2v) is 5.84. The maximum atomic E-state index is 4.49. The molecule has 0 atom stereocenters. The van der Waals surface area contributed by atoms with Crippen molar-refractivity contribution in [2.75, 3.05) is 6.54 Å². The molecule has 2 aromatic heterocycles. The lowest BCUT2D eigenvalue weighted by molar-refractivity contribution is 0.455. The van der Waals surface area contributed by atoms with E-state index in [1.54, 1.807) is 6.33 Å². The van der Waals surface area contributed by atoms with Gasteiger partial charge in [0.15, 0.2) is 0 Å². The first-order valence-electron chi connectivity index (χ1n) is 7.70. The van der Waals surface area contributed by atoms with Gasteiger partial charge in [0.1, 0.15) is 18.7 Å². The van der Waals surface area contributed by atoms with E-state index in [1.807, 2.05) is 15.6 Å². The molecule has 116 valence electrons. The Morgan fingerprint density at radius 1 is 1.24 bits per heavy atom. The van der Waals surface area contributed by atoms with Gasteiger partial charge in [-0.15, -0.1) is 0 Å². The number of hydrogen-bond donors (Lipinski definition) is 1. The third kappa shape index (κ3) is 4.14. The quantitative estimate of drug-likeness (QED) is 0.755. The van der Waals surface area contributed by atoms with Crippen LogP contribution in [-0.2, 0) is 19.6 Å². The van der Waals surface area contributed by atoms with E-state index >= 15 is 0 Å². The molecule has 0 saturated carbocycles. The largest absolute Gasteiger partial charge is 0.313 e. The number of hydrogen-bond acceptors (Lipinski definition) is 4. The van der Waals surface area contributed by atoms with Gasteiger partial charge < -0.3 is 5.32 Å². The lowest BCUT2D eigenvalue weighted by Gasteiger charge is -2.10. The van der Waals surface area contributed by atoms with Crippen LogP contribution in [0.1, 0.15) is 44.3 Å². The van der Waals surface area contributed by atoms with Crippen molar-refractivity contribution in [1.29, 1.82) is 0 Å². The van der Waals surface area contributed by atoms with Gasteiger partial charge in [-0.3, -0.25) is 4.68 Å². The van der Waals surface area contributed by atoms with Crippen LogP contribution in [0.5, 0.6) is 0 Å². The molecule has 0 aliphatic heterocycles.